The molecule has 0 unspecified atom stereocenters. The SMILES string of the molecule is CC1(C)Oc2ccc3c(c2O1)[C@@H]1CCCC[C@H]1O[C@@H]3c1cccc([N+](=O)[O-])c1. The predicted molar refractivity (Wildman–Crippen MR) is 103 cm³/mol. The van der Waals surface area contributed by atoms with Crippen molar-refractivity contribution < 1.29 is 19.1 Å². The van der Waals surface area contributed by atoms with E-state index in [1.54, 1.807) is 12.1 Å². The Morgan fingerprint density at radius 3 is 2.75 bits per heavy atom. The summed E-state index contributed by atoms with van der Waals surface area (Å²) in [5.41, 5.74) is 3.08. The van der Waals surface area contributed by atoms with E-state index in [4.69, 9.17) is 14.2 Å². The highest BCUT2D eigenvalue weighted by atomic mass is 16.7. The maximum Gasteiger partial charge on any atom is 0.269 e. The van der Waals surface area contributed by atoms with Crippen molar-refractivity contribution in [3.63, 3.8) is 0 Å². The van der Waals surface area contributed by atoms with Gasteiger partial charge in [0, 0.05) is 37.5 Å². The quantitative estimate of drug-likeness (QED) is 0.525. The van der Waals surface area contributed by atoms with Gasteiger partial charge in [0.2, 0.25) is 5.79 Å². The molecule has 0 aromatic heterocycles. The van der Waals surface area contributed by atoms with Crippen LogP contribution in [-0.4, -0.2) is 16.8 Å². The first kappa shape index (κ1) is 17.5. The van der Waals surface area contributed by atoms with Crippen LogP contribution in [-0.2, 0) is 4.74 Å². The molecule has 0 saturated heterocycles. The third-order valence-electron chi connectivity index (χ3n) is 5.95. The number of hydrogen-bond acceptors (Lipinski definition) is 5. The standard InChI is InChI=1S/C22H23NO5/c1-22(2)27-18-11-10-16-19(21(18)28-22)15-8-3-4-9-17(15)26-20(16)13-6-5-7-14(12-13)23(24)25/h5-7,10-12,15,17,20H,3-4,8-9H2,1-2H3/t15-,17-,20-/m1/s1. The van der Waals surface area contributed by atoms with E-state index in [9.17, 15) is 10.1 Å². The Labute approximate surface area is 163 Å². The molecule has 2 aromatic carbocycles. The normalized spacial score (nSPS) is 27.0. The van der Waals surface area contributed by atoms with Crippen LogP contribution in [0, 0.1) is 10.1 Å². The van der Waals surface area contributed by atoms with Gasteiger partial charge in [-0.05, 0) is 30.0 Å². The third-order valence-corrected chi connectivity index (χ3v) is 5.95. The summed E-state index contributed by atoms with van der Waals surface area (Å²) in [6.45, 7) is 3.82. The summed E-state index contributed by atoms with van der Waals surface area (Å²) < 4.78 is 18.7. The van der Waals surface area contributed by atoms with E-state index in [1.165, 1.54) is 12.5 Å². The first-order valence-corrected chi connectivity index (χ1v) is 9.87. The summed E-state index contributed by atoms with van der Waals surface area (Å²) in [5, 5.41) is 11.3. The zero-order chi connectivity index (χ0) is 19.5. The Bertz CT molecular complexity index is 954. The van der Waals surface area contributed by atoms with E-state index in [0.717, 1.165) is 47.5 Å². The van der Waals surface area contributed by atoms with E-state index in [0.29, 0.717) is 0 Å². The Morgan fingerprint density at radius 2 is 1.93 bits per heavy atom. The number of nitro benzene ring substituents is 1. The monoisotopic (exact) mass is 381 g/mol. The molecule has 5 rings (SSSR count). The van der Waals surface area contributed by atoms with Crippen LogP contribution in [0.5, 0.6) is 11.5 Å². The molecule has 3 atom stereocenters. The van der Waals surface area contributed by atoms with Crippen LogP contribution >= 0.6 is 0 Å². The molecule has 0 radical (unpaired) electrons. The van der Waals surface area contributed by atoms with E-state index >= 15 is 0 Å². The van der Waals surface area contributed by atoms with Gasteiger partial charge in [0.15, 0.2) is 11.5 Å². The van der Waals surface area contributed by atoms with Crippen LogP contribution in [0.25, 0.3) is 0 Å². The molecule has 28 heavy (non-hydrogen) atoms. The molecule has 0 spiro atoms. The van der Waals surface area contributed by atoms with Gasteiger partial charge in [0.05, 0.1) is 11.0 Å². The van der Waals surface area contributed by atoms with Gasteiger partial charge < -0.3 is 14.2 Å². The molecule has 0 amide bonds. The minimum atomic E-state index is -0.693. The molecule has 1 saturated carbocycles. The number of rotatable bonds is 2. The topological polar surface area (TPSA) is 70.8 Å². The fraction of sp³-hybridized carbons (Fsp3) is 0.455. The molecule has 2 aromatic rings. The molecule has 146 valence electrons. The first-order valence-electron chi connectivity index (χ1n) is 9.87. The maximum atomic E-state index is 11.3. The third kappa shape index (κ3) is 2.75. The van der Waals surface area contributed by atoms with Crippen LogP contribution in [0.15, 0.2) is 36.4 Å². The highest BCUT2D eigenvalue weighted by Crippen LogP contribution is 2.55. The van der Waals surface area contributed by atoms with Crippen LogP contribution < -0.4 is 9.47 Å². The zero-order valence-corrected chi connectivity index (χ0v) is 16.0. The molecule has 0 N–H and O–H groups in total. The average Bonchev–Trinajstić information content (AvgIpc) is 3.01. The second-order valence-corrected chi connectivity index (χ2v) is 8.30. The molecule has 3 aliphatic rings. The number of nitrogens with zero attached hydrogens (tertiary/aromatic N) is 1. The number of fused-ring (bicyclic) bond motifs is 5. The average molecular weight is 381 g/mol. The predicted octanol–water partition coefficient (Wildman–Crippen LogP) is 5.25. The maximum absolute atomic E-state index is 11.3. The Kier molecular flexibility index (Phi) is 3.88. The summed E-state index contributed by atoms with van der Waals surface area (Å²) in [6, 6.07) is 10.7. The Hall–Kier alpha value is -2.60. The van der Waals surface area contributed by atoms with Crippen LogP contribution in [0.2, 0.25) is 0 Å². The summed E-state index contributed by atoms with van der Waals surface area (Å²) in [5.74, 6) is 1.16. The van der Waals surface area contributed by atoms with Gasteiger partial charge in [-0.1, -0.05) is 31.0 Å². The molecular weight excluding hydrogens is 358 g/mol. The highest BCUT2D eigenvalue weighted by molar-refractivity contribution is 5.58. The molecule has 1 fully saturated rings. The lowest BCUT2D eigenvalue weighted by Gasteiger charge is -2.41. The smallest absolute Gasteiger partial charge is 0.269 e. The van der Waals surface area contributed by atoms with Gasteiger partial charge in [-0.3, -0.25) is 10.1 Å². The Morgan fingerprint density at radius 1 is 1.11 bits per heavy atom. The van der Waals surface area contributed by atoms with E-state index in [1.807, 2.05) is 32.0 Å². The minimum Gasteiger partial charge on any atom is -0.449 e. The minimum absolute atomic E-state index is 0.0790. The molecule has 2 heterocycles. The first-order chi connectivity index (χ1) is 13.4. The van der Waals surface area contributed by atoms with Crippen molar-refractivity contribution >= 4 is 5.69 Å². The molecule has 2 aliphatic heterocycles. The number of hydrogen-bond donors (Lipinski definition) is 0. The van der Waals surface area contributed by atoms with E-state index in [-0.39, 0.29) is 28.7 Å². The lowest BCUT2D eigenvalue weighted by atomic mass is 9.75. The van der Waals surface area contributed by atoms with Gasteiger partial charge in [-0.25, -0.2) is 0 Å². The van der Waals surface area contributed by atoms with E-state index < -0.39 is 5.79 Å². The molecule has 6 heteroatoms. The fourth-order valence-corrected chi connectivity index (χ4v) is 4.82. The largest absolute Gasteiger partial charge is 0.449 e. The number of nitro groups is 1. The Balaban J connectivity index is 1.66. The van der Waals surface area contributed by atoms with Crippen LogP contribution in [0.1, 0.15) is 68.2 Å². The van der Waals surface area contributed by atoms with Gasteiger partial charge in [0.25, 0.3) is 5.69 Å². The highest BCUT2D eigenvalue weighted by Gasteiger charge is 2.44. The molecular formula is C22H23NO5. The number of non-ortho nitro benzene ring substituents is 1. The second kappa shape index (κ2) is 6.21. The molecule has 0 bridgehead atoms. The van der Waals surface area contributed by atoms with Crippen molar-refractivity contribution in [2.45, 2.75) is 63.4 Å². The van der Waals surface area contributed by atoms with Crippen molar-refractivity contribution in [2.24, 2.45) is 0 Å². The summed E-state index contributed by atoms with van der Waals surface area (Å²) >= 11 is 0. The van der Waals surface area contributed by atoms with Crippen molar-refractivity contribution in [2.75, 3.05) is 0 Å². The van der Waals surface area contributed by atoms with Crippen molar-refractivity contribution in [3.05, 3.63) is 63.2 Å². The number of ether oxygens (including phenoxy) is 3. The van der Waals surface area contributed by atoms with Gasteiger partial charge in [0.1, 0.15) is 6.10 Å². The summed E-state index contributed by atoms with van der Waals surface area (Å²) in [6.07, 6.45) is 4.09. The van der Waals surface area contributed by atoms with Crippen LogP contribution in [0.3, 0.4) is 0 Å². The summed E-state index contributed by atoms with van der Waals surface area (Å²) in [4.78, 5) is 10.9. The van der Waals surface area contributed by atoms with Crippen molar-refractivity contribution in [1.82, 2.24) is 0 Å². The zero-order valence-electron chi connectivity index (χ0n) is 16.0. The van der Waals surface area contributed by atoms with E-state index in [2.05, 4.69) is 0 Å². The van der Waals surface area contributed by atoms with Gasteiger partial charge in [-0.2, -0.15) is 0 Å². The lowest BCUT2D eigenvalue weighted by molar-refractivity contribution is -0.385. The molecule has 1 aliphatic carbocycles. The van der Waals surface area contributed by atoms with Crippen LogP contribution in [0.4, 0.5) is 5.69 Å². The van der Waals surface area contributed by atoms with Gasteiger partial charge >= 0.3 is 0 Å². The van der Waals surface area contributed by atoms with Crippen molar-refractivity contribution in [1.29, 1.82) is 0 Å². The molecule has 6 nitrogen and oxygen atoms in total. The lowest BCUT2D eigenvalue weighted by Crippen LogP contribution is -2.34. The van der Waals surface area contributed by atoms with Gasteiger partial charge in [-0.15, -0.1) is 0 Å². The summed E-state index contributed by atoms with van der Waals surface area (Å²) in [7, 11) is 0. The second-order valence-electron chi connectivity index (χ2n) is 8.30. The number of benzene rings is 2. The fourth-order valence-electron chi connectivity index (χ4n) is 4.82. The van der Waals surface area contributed by atoms with Crippen molar-refractivity contribution in [3.8, 4) is 11.5 Å².